The van der Waals surface area contributed by atoms with Crippen LogP contribution >= 0.6 is 0 Å². The highest BCUT2D eigenvalue weighted by molar-refractivity contribution is 5.95. The fourth-order valence-corrected chi connectivity index (χ4v) is 5.13. The highest BCUT2D eigenvalue weighted by atomic mass is 16.6. The number of alkyl carbamates (subject to hydrolysis) is 1. The number of carboxylic acid groups (broad SMARTS) is 1. The second kappa shape index (κ2) is 16.2. The Labute approximate surface area is 289 Å². The molecule has 0 aliphatic carbocycles. The number of hydrogen-bond donors (Lipinski definition) is 4. The number of rotatable bonds is 14. The number of cyclic esters (lactones) is 1. The fourth-order valence-electron chi connectivity index (χ4n) is 5.13. The van der Waals surface area contributed by atoms with E-state index in [2.05, 4.69) is 25.9 Å². The minimum atomic E-state index is -1.13. The summed E-state index contributed by atoms with van der Waals surface area (Å²) in [4.78, 5) is 59.2. The van der Waals surface area contributed by atoms with Gasteiger partial charge in [-0.15, -0.1) is 0 Å². The highest BCUT2D eigenvalue weighted by Gasteiger charge is 2.33. The number of nitrogens with zero attached hydrogens (tertiary/aromatic N) is 4. The van der Waals surface area contributed by atoms with Crippen LogP contribution in [0.5, 0.6) is 11.6 Å². The van der Waals surface area contributed by atoms with Crippen LogP contribution in [0.4, 0.5) is 26.0 Å². The van der Waals surface area contributed by atoms with Crippen molar-refractivity contribution in [2.24, 2.45) is 0 Å². The SMILES string of the molecule is CC(C)(C)OC(=O)NCCN(CCOc1cccc(-c2cccc(CNCC[C@H]3CN(c4ccc5c(n4)NC(=O)CO5)C(=O)O3)c2)n1)C(=O)O. The lowest BCUT2D eigenvalue weighted by molar-refractivity contribution is -0.118. The van der Waals surface area contributed by atoms with Gasteiger partial charge in [-0.1, -0.05) is 24.3 Å². The molecule has 3 aromatic rings. The van der Waals surface area contributed by atoms with Crippen molar-refractivity contribution in [3.8, 4) is 22.9 Å². The van der Waals surface area contributed by atoms with Gasteiger partial charge in [0.15, 0.2) is 18.2 Å². The summed E-state index contributed by atoms with van der Waals surface area (Å²) in [6.45, 7) is 7.00. The predicted octanol–water partition coefficient (Wildman–Crippen LogP) is 3.86. The average Bonchev–Trinajstić information content (AvgIpc) is 3.45. The minimum absolute atomic E-state index is 0.0707. The number of amides is 4. The van der Waals surface area contributed by atoms with E-state index >= 15 is 0 Å². The Morgan fingerprint density at radius 1 is 1.08 bits per heavy atom. The first kappa shape index (κ1) is 35.7. The van der Waals surface area contributed by atoms with Gasteiger partial charge in [0.25, 0.3) is 5.91 Å². The number of anilines is 2. The third-order valence-corrected chi connectivity index (χ3v) is 7.46. The van der Waals surface area contributed by atoms with Gasteiger partial charge in [0.05, 0.1) is 18.8 Å². The largest absolute Gasteiger partial charge is 0.480 e. The number of hydrogen-bond acceptors (Lipinski definition) is 11. The second-order valence-electron chi connectivity index (χ2n) is 12.5. The van der Waals surface area contributed by atoms with Gasteiger partial charge in [-0.05, 0) is 63.6 Å². The number of nitrogens with one attached hydrogen (secondary N) is 3. The number of pyridine rings is 2. The Kier molecular flexibility index (Phi) is 11.5. The third kappa shape index (κ3) is 10.2. The Balaban J connectivity index is 1.05. The molecule has 0 unspecified atom stereocenters. The maximum Gasteiger partial charge on any atom is 0.415 e. The van der Waals surface area contributed by atoms with Gasteiger partial charge >= 0.3 is 18.3 Å². The molecule has 2 aliphatic rings. The predicted molar refractivity (Wildman–Crippen MR) is 181 cm³/mol. The maximum absolute atomic E-state index is 12.5. The van der Waals surface area contributed by atoms with E-state index in [0.29, 0.717) is 49.2 Å². The van der Waals surface area contributed by atoms with Crippen LogP contribution in [0.2, 0.25) is 0 Å². The Bertz CT molecular complexity index is 1700. The van der Waals surface area contributed by atoms with E-state index in [1.54, 1.807) is 39.0 Å². The summed E-state index contributed by atoms with van der Waals surface area (Å²) >= 11 is 0. The van der Waals surface area contributed by atoms with Gasteiger partial charge in [0.2, 0.25) is 5.88 Å². The Morgan fingerprint density at radius 2 is 1.90 bits per heavy atom. The summed E-state index contributed by atoms with van der Waals surface area (Å²) in [7, 11) is 0. The van der Waals surface area contributed by atoms with Crippen LogP contribution in [0.15, 0.2) is 54.6 Å². The first-order valence-corrected chi connectivity index (χ1v) is 16.2. The molecule has 1 fully saturated rings. The van der Waals surface area contributed by atoms with E-state index in [-0.39, 0.29) is 50.7 Å². The molecule has 0 spiro atoms. The summed E-state index contributed by atoms with van der Waals surface area (Å²) in [6.07, 6.45) is -1.97. The zero-order chi connectivity index (χ0) is 35.7. The fraction of sp³-hybridized carbons (Fsp3) is 0.412. The number of benzene rings is 1. The highest BCUT2D eigenvalue weighted by Crippen LogP contribution is 2.30. The van der Waals surface area contributed by atoms with Gasteiger partial charge in [-0.25, -0.2) is 24.4 Å². The summed E-state index contributed by atoms with van der Waals surface area (Å²) in [5, 5.41) is 18.1. The van der Waals surface area contributed by atoms with E-state index in [4.69, 9.17) is 18.9 Å². The van der Waals surface area contributed by atoms with E-state index < -0.39 is 23.9 Å². The molecule has 50 heavy (non-hydrogen) atoms. The third-order valence-electron chi connectivity index (χ3n) is 7.46. The minimum Gasteiger partial charge on any atom is -0.480 e. The lowest BCUT2D eigenvalue weighted by Crippen LogP contribution is -2.41. The van der Waals surface area contributed by atoms with Crippen molar-refractivity contribution in [1.29, 1.82) is 0 Å². The van der Waals surface area contributed by atoms with Crippen molar-refractivity contribution in [2.45, 2.75) is 45.4 Å². The van der Waals surface area contributed by atoms with Gasteiger partial charge in [-0.3, -0.25) is 9.69 Å². The molecule has 1 saturated heterocycles. The zero-order valence-corrected chi connectivity index (χ0v) is 28.1. The first-order valence-electron chi connectivity index (χ1n) is 16.2. The lowest BCUT2D eigenvalue weighted by atomic mass is 10.1. The molecular formula is C34H41N7O9. The van der Waals surface area contributed by atoms with Crippen molar-refractivity contribution < 1.29 is 43.2 Å². The topological polar surface area (TPSA) is 194 Å². The second-order valence-corrected chi connectivity index (χ2v) is 12.5. The first-order chi connectivity index (χ1) is 23.9. The molecule has 16 heteroatoms. The molecule has 0 saturated carbocycles. The van der Waals surface area contributed by atoms with E-state index in [1.165, 1.54) is 4.90 Å². The molecule has 2 aromatic heterocycles. The number of fused-ring (bicyclic) bond motifs is 1. The van der Waals surface area contributed by atoms with Crippen molar-refractivity contribution in [3.63, 3.8) is 0 Å². The monoisotopic (exact) mass is 691 g/mol. The van der Waals surface area contributed by atoms with Crippen LogP contribution in [-0.2, 0) is 20.8 Å². The van der Waals surface area contributed by atoms with Gasteiger partial charge in [0.1, 0.15) is 24.1 Å². The van der Waals surface area contributed by atoms with Gasteiger partial charge < -0.3 is 44.9 Å². The van der Waals surface area contributed by atoms with Crippen molar-refractivity contribution in [2.75, 3.05) is 56.2 Å². The summed E-state index contributed by atoms with van der Waals surface area (Å²) in [5.74, 6) is 1.15. The van der Waals surface area contributed by atoms with Crippen LogP contribution < -0.4 is 30.3 Å². The van der Waals surface area contributed by atoms with Crippen LogP contribution in [0.1, 0.15) is 32.8 Å². The molecule has 1 aromatic carbocycles. The van der Waals surface area contributed by atoms with Crippen LogP contribution in [0.3, 0.4) is 0 Å². The zero-order valence-electron chi connectivity index (χ0n) is 28.1. The normalized spacial score (nSPS) is 15.3. The van der Waals surface area contributed by atoms with Crippen molar-refractivity contribution in [3.05, 3.63) is 60.2 Å². The van der Waals surface area contributed by atoms with Gasteiger partial charge in [0, 0.05) is 31.3 Å². The maximum atomic E-state index is 12.5. The number of aromatic nitrogens is 2. The number of carbonyl (C=O) groups excluding carboxylic acids is 3. The van der Waals surface area contributed by atoms with E-state index in [9.17, 15) is 24.3 Å². The smallest absolute Gasteiger partial charge is 0.415 e. The molecule has 1 atom stereocenters. The summed E-state index contributed by atoms with van der Waals surface area (Å²) in [6, 6.07) is 16.6. The molecule has 0 bridgehead atoms. The quantitative estimate of drug-likeness (QED) is 0.179. The summed E-state index contributed by atoms with van der Waals surface area (Å²) in [5.41, 5.74) is 1.96. The van der Waals surface area contributed by atoms with Crippen molar-refractivity contribution >= 4 is 35.8 Å². The Hall–Kier alpha value is -5.64. The van der Waals surface area contributed by atoms with E-state index in [0.717, 1.165) is 16.0 Å². The van der Waals surface area contributed by atoms with Gasteiger partial charge in [-0.2, -0.15) is 0 Å². The van der Waals surface area contributed by atoms with Crippen LogP contribution in [0, 0.1) is 0 Å². The molecule has 4 heterocycles. The standard InChI is InChI=1S/C34H41N7O9/c1-34(2,3)50-31(43)36-14-15-40(32(44)45)16-17-47-29-9-5-8-25(37-29)23-7-4-6-22(18-23)19-35-13-12-24-20-41(33(46)49-24)27-11-10-26-30(38-27)39-28(42)21-48-26/h4-11,18,24,35H,12-17,19-21H2,1-3H3,(H,36,43)(H,44,45)(H,38,39,42)/t24-/m0/s1. The van der Waals surface area contributed by atoms with E-state index in [1.807, 2.05) is 36.4 Å². The van der Waals surface area contributed by atoms with Crippen molar-refractivity contribution in [1.82, 2.24) is 25.5 Å². The van der Waals surface area contributed by atoms with Crippen LogP contribution in [0.25, 0.3) is 11.3 Å². The molecule has 5 rings (SSSR count). The Morgan fingerprint density at radius 3 is 2.70 bits per heavy atom. The molecule has 4 N–H and O–H groups in total. The molecule has 266 valence electrons. The average molecular weight is 692 g/mol. The number of ether oxygens (including phenoxy) is 4. The number of carbonyl (C=O) groups is 4. The molecular weight excluding hydrogens is 650 g/mol. The molecule has 0 radical (unpaired) electrons. The molecule has 2 aliphatic heterocycles. The molecule has 16 nitrogen and oxygen atoms in total. The lowest BCUT2D eigenvalue weighted by Gasteiger charge is -2.22. The molecule has 4 amide bonds. The summed E-state index contributed by atoms with van der Waals surface area (Å²) < 4.78 is 21.8. The van der Waals surface area contributed by atoms with Crippen LogP contribution in [-0.4, -0.2) is 102 Å².